The molecule has 35 nitrogen and oxygen atoms in total. The minimum absolute atomic E-state index is 0. The van der Waals surface area contributed by atoms with Crippen LogP contribution in [0, 0.1) is 0 Å². The monoisotopic (exact) mass is 1320 g/mol. The summed E-state index contributed by atoms with van der Waals surface area (Å²) >= 11 is 0. The minimum Gasteiger partial charge on any atom is -0.550 e. The van der Waals surface area contributed by atoms with E-state index >= 15 is 0 Å². The average Bonchev–Trinajstić information content (AvgIpc) is 3.01. The molecule has 5 N–H and O–H groups in total. The smallest absolute Gasteiger partial charge is 0.550 e. The van der Waals surface area contributed by atoms with Gasteiger partial charge in [-0.15, -0.1) is 0 Å². The Morgan fingerprint density at radius 1 is 0.195 bits per heavy atom. The van der Waals surface area contributed by atoms with Crippen LogP contribution in [0.5, 0.6) is 0 Å². The van der Waals surface area contributed by atoms with Crippen molar-refractivity contribution in [3.05, 3.63) is 0 Å². The van der Waals surface area contributed by atoms with Gasteiger partial charge >= 0.3 is 486 Å². The second kappa shape index (κ2) is 66.6. The van der Waals surface area contributed by atoms with Gasteiger partial charge in [-0.05, 0) is 0 Å². The number of aliphatic carboxylic acids is 15. The fourth-order valence-corrected chi connectivity index (χ4v) is 3.42. The van der Waals surface area contributed by atoms with E-state index in [1.807, 2.05) is 0 Å². The number of carbonyl (C=O) groups is 15. The Balaban J connectivity index is -0.0000000375. The van der Waals surface area contributed by atoms with E-state index in [9.17, 15) is 149 Å². The van der Waals surface area contributed by atoms with Crippen molar-refractivity contribution in [1.29, 1.82) is 0 Å². The quantitative estimate of drug-likeness (QED) is 0.0530. The molecule has 0 saturated heterocycles. The minimum atomic E-state index is -2.97. The molecule has 0 saturated carbocycles. The molecule has 0 aromatic heterocycles. The molecular weight excluding hydrogens is 1290 g/mol. The fourth-order valence-electron chi connectivity index (χ4n) is 3.42. The van der Waals surface area contributed by atoms with E-state index in [0.29, 0.717) is 0 Å². The van der Waals surface area contributed by atoms with Gasteiger partial charge in [-0.2, -0.15) is 0 Å². The molecule has 0 aliphatic carbocycles. The number of aliphatic hydroxyl groups is 5. The molecule has 0 heterocycles. The van der Waals surface area contributed by atoms with Crippen LogP contribution in [0.1, 0.15) is 64.2 Å². The first kappa shape index (κ1) is 129. The predicted molar refractivity (Wildman–Crippen MR) is 146 cm³/mol. The van der Waals surface area contributed by atoms with Crippen molar-refractivity contribution in [2.75, 3.05) is 0 Å². The van der Waals surface area contributed by atoms with Crippen LogP contribution in [0.25, 0.3) is 0 Å². The normalized spacial score (nSPS) is 9.16. The molecule has 0 amide bonds. The molecule has 0 radical (unpaired) electrons. The summed E-state index contributed by atoms with van der Waals surface area (Å²) in [5.74, 6) is -29.9. The molecule has 77 heavy (non-hydrogen) atoms. The molecule has 0 aliphatic heterocycles. The van der Waals surface area contributed by atoms with Gasteiger partial charge in [0.1, 0.15) is 28.0 Å². The van der Waals surface area contributed by atoms with Crippen molar-refractivity contribution in [3.63, 3.8) is 0 Å². The third kappa shape index (κ3) is 72.6. The predicted octanol–water partition coefficient (Wildman–Crippen LogP) is -62.2. The van der Waals surface area contributed by atoms with Crippen LogP contribution in [0.15, 0.2) is 0 Å². The van der Waals surface area contributed by atoms with E-state index in [2.05, 4.69) is 0 Å². The van der Waals surface area contributed by atoms with Crippen molar-refractivity contribution in [1.82, 2.24) is 0 Å². The zero-order valence-corrected chi connectivity index (χ0v) is 74.3. The molecule has 0 fully saturated rings. The van der Waals surface area contributed by atoms with Gasteiger partial charge in [-0.25, -0.2) is 0 Å². The third-order valence-corrected chi connectivity index (χ3v) is 6.27. The van der Waals surface area contributed by atoms with Crippen LogP contribution in [0.3, 0.4) is 0 Å². The molecule has 0 aromatic carbocycles. The number of hydrogen-bond acceptors (Lipinski definition) is 35. The molecule has 0 bridgehead atoms. The van der Waals surface area contributed by atoms with Crippen molar-refractivity contribution in [3.8, 4) is 0 Å². The van der Waals surface area contributed by atoms with Crippen molar-refractivity contribution in [2.45, 2.75) is 92.2 Å². The molecule has 0 unspecified atom stereocenters. The summed E-state index contributed by atoms with van der Waals surface area (Å²) in [4.78, 5) is 150. The van der Waals surface area contributed by atoms with Crippen LogP contribution in [0.4, 0.5) is 0 Å². The Bertz CT molecular complexity index is 1500. The van der Waals surface area contributed by atoms with Crippen molar-refractivity contribution >= 4 is 89.5 Å². The standard InChI is InChI=1S/5C6H8O7.6K.6Na/c5*7-3(8)1-6(13,5(11)12)2-4(9)10;;;;;;;;;;;;/h5*13H,1-2H2,(H,7,8)(H,9,10)(H,11,12);;;;;;;;;;;;/q;;;;;12*+1/p-15. The van der Waals surface area contributed by atoms with Gasteiger partial charge in [0.25, 0.3) is 0 Å². The maximum Gasteiger partial charge on any atom is 1.00 e. The van der Waals surface area contributed by atoms with Crippen LogP contribution in [-0.4, -0.2) is 143 Å². The van der Waals surface area contributed by atoms with Crippen LogP contribution >= 0.6 is 0 Å². The van der Waals surface area contributed by atoms with Crippen LogP contribution < -0.4 is 562 Å². The van der Waals surface area contributed by atoms with Crippen LogP contribution in [0.2, 0.25) is 0 Å². The molecule has 0 atom stereocenters. The molecular formula is C30H25K6Na6O35-3. The van der Waals surface area contributed by atoms with Crippen LogP contribution in [-0.2, 0) is 71.9 Å². The van der Waals surface area contributed by atoms with E-state index in [1.54, 1.807) is 0 Å². The van der Waals surface area contributed by atoms with Crippen molar-refractivity contribution < 1.29 is 660 Å². The van der Waals surface area contributed by atoms with E-state index in [0.717, 1.165) is 0 Å². The van der Waals surface area contributed by atoms with Gasteiger partial charge in [-0.3, -0.25) is 0 Å². The van der Waals surface area contributed by atoms with Gasteiger partial charge in [0.2, 0.25) is 0 Å². The summed E-state index contributed by atoms with van der Waals surface area (Å²) in [7, 11) is 0. The number of rotatable bonds is 25. The summed E-state index contributed by atoms with van der Waals surface area (Å²) in [5, 5.41) is 195. The van der Waals surface area contributed by atoms with Gasteiger partial charge in [0.05, 0.1) is 29.8 Å². The summed E-state index contributed by atoms with van der Waals surface area (Å²) < 4.78 is 0. The Kier molecular flexibility index (Phi) is 112. The van der Waals surface area contributed by atoms with Gasteiger partial charge in [0, 0.05) is 124 Å². The topological polar surface area (TPSA) is 703 Å². The first-order valence-corrected chi connectivity index (χ1v) is 15.6. The fraction of sp³-hybridized carbons (Fsp3) is 0.500. The zero-order chi connectivity index (χ0) is 53.2. The van der Waals surface area contributed by atoms with Crippen molar-refractivity contribution in [2.24, 2.45) is 0 Å². The van der Waals surface area contributed by atoms with Gasteiger partial charge in [0.15, 0.2) is 0 Å². The maximum absolute atomic E-state index is 10.1. The molecule has 0 aromatic rings. The number of hydrogen-bond donors (Lipinski definition) is 5. The third-order valence-electron chi connectivity index (χ3n) is 6.27. The van der Waals surface area contributed by atoms with E-state index < -0.39 is 182 Å². The summed E-state index contributed by atoms with van der Waals surface area (Å²) in [6.07, 6.45) is -13.6. The average molecular weight is 1320 g/mol. The molecule has 0 aliphatic rings. The van der Waals surface area contributed by atoms with E-state index in [1.165, 1.54) is 0 Å². The Morgan fingerprint density at radius 3 is 0.273 bits per heavy atom. The second-order valence-electron chi connectivity index (χ2n) is 12.1. The Labute approximate surface area is 820 Å². The van der Waals surface area contributed by atoms with E-state index in [-0.39, 0.29) is 486 Å². The van der Waals surface area contributed by atoms with Gasteiger partial charge < -0.3 is 174 Å². The number of carbonyl (C=O) groups excluding carboxylic acids is 15. The van der Waals surface area contributed by atoms with Gasteiger partial charge in [-0.1, -0.05) is 0 Å². The number of carboxylic acids is 15. The SMILES string of the molecule is O=C([O-])CC(O)(CC(=O)[O-])C(=O)[O-].O=C([O-])CC(O)(CC(=O)[O-])C(=O)[O-].O=C([O-])CC(O)(CC(=O)[O-])C(=O)[O-].O=C([O-])CC(O)(CC(=O)[O-])C(=O)[O-].O=C([O-])CC(O)(CC(=O)[O-])C(=O)[O-].[K+].[K+].[K+].[K+].[K+].[K+].[Na+].[Na+].[Na+].[Na+].[Na+].[Na+]. The molecule has 370 valence electrons. The largest absolute Gasteiger partial charge is 1.00 e. The van der Waals surface area contributed by atoms with E-state index in [4.69, 9.17) is 25.5 Å². The summed E-state index contributed by atoms with van der Waals surface area (Å²) in [5.41, 5.74) is -14.9. The molecule has 47 heteroatoms. The summed E-state index contributed by atoms with van der Waals surface area (Å²) in [6, 6.07) is 0. The molecule has 0 spiro atoms. The zero-order valence-electron chi connectivity index (χ0n) is 43.6. The maximum atomic E-state index is 10.1. The second-order valence-corrected chi connectivity index (χ2v) is 12.1. The Morgan fingerprint density at radius 2 is 0.247 bits per heavy atom. The Hall–Kier alpha value is 7.67. The first-order chi connectivity index (χ1) is 28.9. The molecule has 0 rings (SSSR count). The summed E-state index contributed by atoms with van der Waals surface area (Å²) in [6.45, 7) is 0. The number of carboxylic acid groups (broad SMARTS) is 15. The first-order valence-electron chi connectivity index (χ1n) is 15.6.